The fourth-order valence-corrected chi connectivity index (χ4v) is 4.33. The van der Waals surface area contributed by atoms with Crippen molar-refractivity contribution in [3.05, 3.63) is 71.8 Å². The van der Waals surface area contributed by atoms with Crippen LogP contribution in [0.5, 0.6) is 0 Å². The van der Waals surface area contributed by atoms with E-state index < -0.39 is 0 Å². The number of likely N-dealkylation sites (tertiary alicyclic amines) is 1. The normalized spacial score (nSPS) is 21.7. The highest BCUT2D eigenvalue weighted by atomic mass is 16.7. The van der Waals surface area contributed by atoms with E-state index in [0.29, 0.717) is 19.8 Å². The van der Waals surface area contributed by atoms with E-state index in [4.69, 9.17) is 9.47 Å². The van der Waals surface area contributed by atoms with Crippen molar-refractivity contribution < 1.29 is 14.3 Å². The molecule has 2 atom stereocenters. The molecule has 2 aromatic rings. The van der Waals surface area contributed by atoms with Gasteiger partial charge in [-0.05, 0) is 36.9 Å². The first-order chi connectivity index (χ1) is 14.3. The Balaban J connectivity index is 1.43. The predicted molar refractivity (Wildman–Crippen MR) is 112 cm³/mol. The molecular weight excluding hydrogens is 364 g/mol. The zero-order valence-electron chi connectivity index (χ0n) is 16.8. The summed E-state index contributed by atoms with van der Waals surface area (Å²) in [6.45, 7) is 2.59. The maximum absolute atomic E-state index is 13.0. The molecule has 1 amide bonds. The smallest absolute Gasteiger partial charge is 0.234 e. The number of carbonyl (C=O) groups excluding carboxylic acids is 1. The van der Waals surface area contributed by atoms with E-state index in [9.17, 15) is 4.79 Å². The van der Waals surface area contributed by atoms with Crippen molar-refractivity contribution in [3.8, 4) is 0 Å². The van der Waals surface area contributed by atoms with E-state index in [-0.39, 0.29) is 24.3 Å². The van der Waals surface area contributed by atoms with Gasteiger partial charge in [-0.3, -0.25) is 9.69 Å². The second-order valence-electron chi connectivity index (χ2n) is 7.86. The maximum Gasteiger partial charge on any atom is 0.234 e. The molecular formula is C24H30N2O3. The van der Waals surface area contributed by atoms with E-state index in [1.165, 1.54) is 5.56 Å². The van der Waals surface area contributed by atoms with Crippen LogP contribution in [-0.2, 0) is 20.7 Å². The molecule has 0 bridgehead atoms. The Bertz CT molecular complexity index is 762. The van der Waals surface area contributed by atoms with Crippen LogP contribution >= 0.6 is 0 Å². The molecule has 2 aromatic carbocycles. The van der Waals surface area contributed by atoms with Crippen LogP contribution in [0.4, 0.5) is 0 Å². The van der Waals surface area contributed by atoms with Crippen LogP contribution in [0.2, 0.25) is 0 Å². The maximum atomic E-state index is 13.0. The number of nitrogens with zero attached hydrogens (tertiary/aromatic N) is 1. The molecule has 0 saturated carbocycles. The van der Waals surface area contributed by atoms with Crippen LogP contribution in [0, 0.1) is 0 Å². The number of carbonyl (C=O) groups is 1. The highest BCUT2D eigenvalue weighted by Crippen LogP contribution is 2.24. The average molecular weight is 395 g/mol. The van der Waals surface area contributed by atoms with Gasteiger partial charge in [0.2, 0.25) is 5.91 Å². The van der Waals surface area contributed by atoms with Gasteiger partial charge in [-0.15, -0.1) is 0 Å². The number of piperidine rings is 1. The highest BCUT2D eigenvalue weighted by molar-refractivity contribution is 5.78. The number of hydrogen-bond acceptors (Lipinski definition) is 4. The summed E-state index contributed by atoms with van der Waals surface area (Å²) in [6.07, 6.45) is 3.87. The van der Waals surface area contributed by atoms with Crippen molar-refractivity contribution in [3.63, 3.8) is 0 Å². The van der Waals surface area contributed by atoms with Crippen molar-refractivity contribution in [1.82, 2.24) is 10.2 Å². The molecule has 29 heavy (non-hydrogen) atoms. The SMILES string of the molecule is O=C(CN1CCCCC1C1OCCO1)NC(Cc1ccccc1)c1ccccc1. The summed E-state index contributed by atoms with van der Waals surface area (Å²) in [5, 5.41) is 3.28. The molecule has 154 valence electrons. The van der Waals surface area contributed by atoms with Crippen LogP contribution in [0.15, 0.2) is 60.7 Å². The number of hydrogen-bond donors (Lipinski definition) is 1. The van der Waals surface area contributed by atoms with Crippen molar-refractivity contribution in [2.24, 2.45) is 0 Å². The zero-order valence-corrected chi connectivity index (χ0v) is 16.8. The fraction of sp³-hybridized carbons (Fsp3) is 0.458. The number of nitrogens with one attached hydrogen (secondary N) is 1. The number of rotatable bonds is 7. The molecule has 2 heterocycles. The van der Waals surface area contributed by atoms with Gasteiger partial charge in [-0.25, -0.2) is 0 Å². The van der Waals surface area contributed by atoms with E-state index in [1.807, 2.05) is 36.4 Å². The number of ether oxygens (including phenoxy) is 2. The quantitative estimate of drug-likeness (QED) is 0.783. The highest BCUT2D eigenvalue weighted by Gasteiger charge is 2.34. The summed E-state index contributed by atoms with van der Waals surface area (Å²) in [6, 6.07) is 20.6. The average Bonchev–Trinajstić information content (AvgIpc) is 3.30. The molecule has 5 nitrogen and oxygen atoms in total. The van der Waals surface area contributed by atoms with Crippen LogP contribution in [0.1, 0.15) is 36.4 Å². The Labute approximate surface area is 173 Å². The van der Waals surface area contributed by atoms with Crippen molar-refractivity contribution in [2.45, 2.75) is 44.1 Å². The van der Waals surface area contributed by atoms with Gasteiger partial charge in [0, 0.05) is 0 Å². The number of amides is 1. The third-order valence-electron chi connectivity index (χ3n) is 5.79. The molecule has 0 aliphatic carbocycles. The van der Waals surface area contributed by atoms with E-state index in [0.717, 1.165) is 37.8 Å². The fourth-order valence-electron chi connectivity index (χ4n) is 4.33. The Kier molecular flexibility index (Phi) is 6.93. The van der Waals surface area contributed by atoms with E-state index in [2.05, 4.69) is 34.5 Å². The Morgan fingerprint density at radius 2 is 1.69 bits per heavy atom. The molecule has 0 spiro atoms. The van der Waals surface area contributed by atoms with Gasteiger partial charge >= 0.3 is 0 Å². The Hall–Kier alpha value is -2.21. The van der Waals surface area contributed by atoms with E-state index >= 15 is 0 Å². The lowest BCUT2D eigenvalue weighted by atomic mass is 9.98. The molecule has 0 radical (unpaired) electrons. The summed E-state index contributed by atoms with van der Waals surface area (Å²) in [4.78, 5) is 15.2. The van der Waals surface area contributed by atoms with Crippen LogP contribution < -0.4 is 5.32 Å². The molecule has 0 aromatic heterocycles. The second kappa shape index (κ2) is 10.0. The van der Waals surface area contributed by atoms with Crippen LogP contribution in [0.25, 0.3) is 0 Å². The summed E-state index contributed by atoms with van der Waals surface area (Å²) in [5.41, 5.74) is 2.34. The van der Waals surface area contributed by atoms with Crippen molar-refractivity contribution in [2.75, 3.05) is 26.3 Å². The summed E-state index contributed by atoms with van der Waals surface area (Å²) < 4.78 is 11.5. The lowest BCUT2D eigenvalue weighted by Crippen LogP contribution is -2.51. The second-order valence-corrected chi connectivity index (χ2v) is 7.86. The van der Waals surface area contributed by atoms with E-state index in [1.54, 1.807) is 0 Å². The molecule has 5 heteroatoms. The van der Waals surface area contributed by atoms with Gasteiger partial charge in [0.25, 0.3) is 0 Å². The third-order valence-corrected chi connectivity index (χ3v) is 5.79. The molecule has 4 rings (SSSR count). The molecule has 2 aliphatic rings. The Morgan fingerprint density at radius 1 is 1.00 bits per heavy atom. The minimum atomic E-state index is -0.197. The van der Waals surface area contributed by atoms with Crippen molar-refractivity contribution >= 4 is 5.91 Å². The topological polar surface area (TPSA) is 50.8 Å². The Morgan fingerprint density at radius 3 is 2.41 bits per heavy atom. The first-order valence-corrected chi connectivity index (χ1v) is 10.6. The van der Waals surface area contributed by atoms with Gasteiger partial charge in [0.05, 0.1) is 31.8 Å². The molecule has 2 fully saturated rings. The monoisotopic (exact) mass is 394 g/mol. The predicted octanol–water partition coefficient (Wildman–Crippen LogP) is 3.31. The standard InChI is InChI=1S/C24H30N2O3/c27-23(18-26-14-8-7-13-22(26)24-28-15-16-29-24)25-21(20-11-5-2-6-12-20)17-19-9-3-1-4-10-19/h1-6,9-12,21-22,24H,7-8,13-18H2,(H,25,27). The molecule has 1 N–H and O–H groups in total. The summed E-state index contributed by atoms with van der Waals surface area (Å²) in [7, 11) is 0. The minimum absolute atomic E-state index is 0.0479. The summed E-state index contributed by atoms with van der Waals surface area (Å²) >= 11 is 0. The molecule has 2 aliphatic heterocycles. The first kappa shape index (κ1) is 20.1. The van der Waals surface area contributed by atoms with Gasteiger partial charge in [0.15, 0.2) is 6.29 Å². The van der Waals surface area contributed by atoms with Crippen molar-refractivity contribution in [1.29, 1.82) is 0 Å². The van der Waals surface area contributed by atoms with Gasteiger partial charge in [-0.1, -0.05) is 67.1 Å². The lowest BCUT2D eigenvalue weighted by molar-refractivity contribution is -0.131. The molecule has 2 saturated heterocycles. The lowest BCUT2D eigenvalue weighted by Gasteiger charge is -2.37. The first-order valence-electron chi connectivity index (χ1n) is 10.6. The van der Waals surface area contributed by atoms with Crippen LogP contribution in [0.3, 0.4) is 0 Å². The van der Waals surface area contributed by atoms with Gasteiger partial charge < -0.3 is 14.8 Å². The van der Waals surface area contributed by atoms with Crippen LogP contribution in [-0.4, -0.2) is 49.4 Å². The summed E-state index contributed by atoms with van der Waals surface area (Å²) in [5.74, 6) is 0.0553. The largest absolute Gasteiger partial charge is 0.349 e. The van der Waals surface area contributed by atoms with Gasteiger partial charge in [-0.2, -0.15) is 0 Å². The van der Waals surface area contributed by atoms with Gasteiger partial charge in [0.1, 0.15) is 0 Å². The third kappa shape index (κ3) is 5.44. The minimum Gasteiger partial charge on any atom is -0.349 e. The molecule has 2 unspecified atom stereocenters. The zero-order chi connectivity index (χ0) is 19.9. The number of benzene rings is 2.